The van der Waals surface area contributed by atoms with E-state index in [2.05, 4.69) is 59.8 Å². The fourth-order valence-electron chi connectivity index (χ4n) is 4.52. The Hall–Kier alpha value is -4.58. The van der Waals surface area contributed by atoms with Crippen LogP contribution in [0.3, 0.4) is 0 Å². The summed E-state index contributed by atoms with van der Waals surface area (Å²) in [7, 11) is 1.61. The van der Waals surface area contributed by atoms with E-state index in [-0.39, 0.29) is 6.61 Å². The molecular formula is C39H48O6. The van der Waals surface area contributed by atoms with Crippen molar-refractivity contribution >= 4 is 23.9 Å². The van der Waals surface area contributed by atoms with Crippen LogP contribution in [-0.2, 0) is 9.59 Å². The minimum atomic E-state index is -1.00. The number of rotatable bonds is 18. The van der Waals surface area contributed by atoms with Crippen LogP contribution in [0.1, 0.15) is 78.4 Å². The number of ether oxygens (including phenoxy) is 3. The van der Waals surface area contributed by atoms with Crippen LogP contribution in [0.4, 0.5) is 0 Å². The maximum atomic E-state index is 11.9. The van der Waals surface area contributed by atoms with Crippen molar-refractivity contribution in [1.29, 1.82) is 0 Å². The first-order valence-electron chi connectivity index (χ1n) is 15.3. The van der Waals surface area contributed by atoms with Gasteiger partial charge in [0.15, 0.2) is 11.5 Å². The third-order valence-electron chi connectivity index (χ3n) is 7.07. The molecule has 1 N–H and O–H groups in total. The summed E-state index contributed by atoms with van der Waals surface area (Å²) in [6.45, 7) is 13.2. The monoisotopic (exact) mass is 612 g/mol. The standard InChI is InChI=1S/C39H48O6/c1-28(2)10-8-12-30(5)23-25-44-37-20-17-33(26-38(37)43-7)35(22-24-40)36(31(6)13-9-11-29(3)4)27-45-34-18-14-32(15-19-34)16-21-39(41)42/h10-11,14-24,26H,8-9,12-13,25,27H2,1-7H3,(H,41,42)/b21-16+,30-23+,35-22-,36-31-. The van der Waals surface area contributed by atoms with Crippen LogP contribution < -0.4 is 14.2 Å². The van der Waals surface area contributed by atoms with Crippen LogP contribution in [0.25, 0.3) is 11.6 Å². The van der Waals surface area contributed by atoms with Gasteiger partial charge in [-0.3, -0.25) is 4.79 Å². The molecule has 0 fully saturated rings. The van der Waals surface area contributed by atoms with Crippen LogP contribution in [0, 0.1) is 0 Å². The Morgan fingerprint density at radius 3 is 2.09 bits per heavy atom. The van der Waals surface area contributed by atoms with Gasteiger partial charge in [-0.1, -0.05) is 52.6 Å². The zero-order valence-corrected chi connectivity index (χ0v) is 27.8. The van der Waals surface area contributed by atoms with Gasteiger partial charge in [-0.25, -0.2) is 4.79 Å². The van der Waals surface area contributed by atoms with Crippen molar-refractivity contribution in [1.82, 2.24) is 0 Å². The van der Waals surface area contributed by atoms with Crippen molar-refractivity contribution < 1.29 is 28.9 Å². The lowest BCUT2D eigenvalue weighted by molar-refractivity contribution is -0.131. The molecule has 45 heavy (non-hydrogen) atoms. The van der Waals surface area contributed by atoms with Crippen molar-refractivity contribution in [2.75, 3.05) is 20.3 Å². The summed E-state index contributed by atoms with van der Waals surface area (Å²) in [4.78, 5) is 22.8. The number of benzene rings is 2. The second-order valence-electron chi connectivity index (χ2n) is 11.4. The van der Waals surface area contributed by atoms with Crippen molar-refractivity contribution in [3.63, 3.8) is 0 Å². The molecule has 0 amide bonds. The summed E-state index contributed by atoms with van der Waals surface area (Å²) in [5.74, 6) is 0.830. The number of carboxylic acids is 1. The summed E-state index contributed by atoms with van der Waals surface area (Å²) in [6, 6.07) is 12.9. The lowest BCUT2D eigenvalue weighted by atomic mass is 9.92. The zero-order valence-electron chi connectivity index (χ0n) is 27.8. The minimum absolute atomic E-state index is 0.238. The highest BCUT2D eigenvalue weighted by Crippen LogP contribution is 2.35. The van der Waals surface area contributed by atoms with Crippen LogP contribution in [0.15, 0.2) is 101 Å². The second kappa shape index (κ2) is 19.6. The predicted octanol–water partition coefficient (Wildman–Crippen LogP) is 9.59. The molecule has 0 heterocycles. The molecule has 0 unspecified atom stereocenters. The molecule has 0 aliphatic rings. The minimum Gasteiger partial charge on any atom is -0.493 e. The molecule has 0 atom stereocenters. The maximum Gasteiger partial charge on any atom is 0.328 e. The molecule has 0 bridgehead atoms. The Balaban J connectivity index is 2.35. The molecule has 2 rings (SSSR count). The molecule has 2 aromatic carbocycles. The van der Waals surface area contributed by atoms with E-state index in [9.17, 15) is 9.59 Å². The van der Waals surface area contributed by atoms with Crippen molar-refractivity contribution in [2.24, 2.45) is 0 Å². The molecule has 0 saturated carbocycles. The van der Waals surface area contributed by atoms with E-state index in [1.54, 1.807) is 37.5 Å². The number of carbonyl (C=O) groups is 2. The van der Waals surface area contributed by atoms with Gasteiger partial charge in [-0.2, -0.15) is 0 Å². The van der Waals surface area contributed by atoms with Crippen LogP contribution >= 0.6 is 0 Å². The third-order valence-corrected chi connectivity index (χ3v) is 7.07. The summed E-state index contributed by atoms with van der Waals surface area (Å²) < 4.78 is 18.0. The lowest BCUT2D eigenvalue weighted by Crippen LogP contribution is -2.07. The molecule has 2 aromatic rings. The van der Waals surface area contributed by atoms with Gasteiger partial charge in [-0.15, -0.1) is 0 Å². The molecule has 6 heteroatoms. The Kier molecular flexibility index (Phi) is 16.0. The normalized spacial score (nSPS) is 12.3. The lowest BCUT2D eigenvalue weighted by Gasteiger charge is -2.19. The number of carboxylic acid groups (broad SMARTS) is 1. The van der Waals surface area contributed by atoms with Crippen molar-refractivity contribution in [3.8, 4) is 17.2 Å². The van der Waals surface area contributed by atoms with E-state index >= 15 is 0 Å². The van der Waals surface area contributed by atoms with E-state index in [1.807, 2.05) is 18.2 Å². The molecule has 240 valence electrons. The molecule has 0 radical (unpaired) electrons. The van der Waals surface area contributed by atoms with Gasteiger partial charge in [-0.05, 0) is 132 Å². The largest absolute Gasteiger partial charge is 0.493 e. The maximum absolute atomic E-state index is 11.9. The molecule has 0 spiro atoms. The predicted molar refractivity (Wildman–Crippen MR) is 185 cm³/mol. The van der Waals surface area contributed by atoms with Crippen LogP contribution in [0.5, 0.6) is 17.2 Å². The van der Waals surface area contributed by atoms with Gasteiger partial charge >= 0.3 is 5.97 Å². The van der Waals surface area contributed by atoms with Gasteiger partial charge < -0.3 is 19.3 Å². The van der Waals surface area contributed by atoms with E-state index < -0.39 is 5.97 Å². The number of hydrogen-bond acceptors (Lipinski definition) is 5. The van der Waals surface area contributed by atoms with Gasteiger partial charge in [0, 0.05) is 6.08 Å². The number of carbonyl (C=O) groups excluding carboxylic acids is 1. The van der Waals surface area contributed by atoms with E-state index in [1.165, 1.54) is 22.8 Å². The van der Waals surface area contributed by atoms with E-state index in [0.29, 0.717) is 23.9 Å². The van der Waals surface area contributed by atoms with Crippen LogP contribution in [0.2, 0.25) is 0 Å². The SMILES string of the molecule is COc1cc(C(=C/C=O)/C(COc2ccc(/C=C/C(=O)O)cc2)=C(/C)CCC=C(C)C)ccc1OC/C=C(\C)CCC=C(C)C. The Morgan fingerprint density at radius 2 is 1.49 bits per heavy atom. The average molecular weight is 613 g/mol. The number of hydrogen-bond donors (Lipinski definition) is 1. The Bertz CT molecular complexity index is 1460. The van der Waals surface area contributed by atoms with Gasteiger partial charge in [0.25, 0.3) is 0 Å². The third kappa shape index (κ3) is 13.7. The second-order valence-corrected chi connectivity index (χ2v) is 11.4. The van der Waals surface area contributed by atoms with Gasteiger partial charge in [0.1, 0.15) is 25.2 Å². The first kappa shape index (κ1) is 36.6. The highest BCUT2D eigenvalue weighted by atomic mass is 16.5. The van der Waals surface area contributed by atoms with E-state index in [4.69, 9.17) is 19.3 Å². The molecule has 0 aromatic heterocycles. The topological polar surface area (TPSA) is 82.1 Å². The molecule has 0 saturated heterocycles. The molecular weight excluding hydrogens is 564 g/mol. The Labute approximate surface area is 269 Å². The highest BCUT2D eigenvalue weighted by molar-refractivity contribution is 5.90. The highest BCUT2D eigenvalue weighted by Gasteiger charge is 2.16. The number of allylic oxidation sites excluding steroid dienone is 7. The van der Waals surface area contributed by atoms with Crippen molar-refractivity contribution in [2.45, 2.75) is 67.2 Å². The average Bonchev–Trinajstić information content (AvgIpc) is 3.00. The molecule has 0 aliphatic carbocycles. The first-order valence-corrected chi connectivity index (χ1v) is 15.3. The summed E-state index contributed by atoms with van der Waals surface area (Å²) >= 11 is 0. The summed E-state index contributed by atoms with van der Waals surface area (Å²) in [5, 5.41) is 8.89. The van der Waals surface area contributed by atoms with E-state index in [0.717, 1.165) is 65.9 Å². The number of aliphatic carboxylic acids is 1. The fraction of sp³-hybridized carbons (Fsp3) is 0.333. The van der Waals surface area contributed by atoms with Gasteiger partial charge in [0.05, 0.1) is 7.11 Å². The summed E-state index contributed by atoms with van der Waals surface area (Å²) in [6.07, 6.45) is 15.2. The zero-order chi connectivity index (χ0) is 33.2. The first-order chi connectivity index (χ1) is 21.5. The summed E-state index contributed by atoms with van der Waals surface area (Å²) in [5.41, 5.74) is 8.17. The van der Waals surface area contributed by atoms with Crippen LogP contribution in [-0.4, -0.2) is 37.7 Å². The van der Waals surface area contributed by atoms with Crippen molar-refractivity contribution in [3.05, 3.63) is 112 Å². The van der Waals surface area contributed by atoms with Gasteiger partial charge in [0.2, 0.25) is 0 Å². The Morgan fingerprint density at radius 1 is 0.822 bits per heavy atom. The fourth-order valence-corrected chi connectivity index (χ4v) is 4.52. The smallest absolute Gasteiger partial charge is 0.328 e. The number of methoxy groups -OCH3 is 1. The number of aldehydes is 1. The molecule has 6 nitrogen and oxygen atoms in total. The molecule has 0 aliphatic heterocycles. The quantitative estimate of drug-likeness (QED) is 0.0781.